The zero-order valence-electron chi connectivity index (χ0n) is 9.89. The van der Waals surface area contributed by atoms with Gasteiger partial charge in [-0.2, -0.15) is 0 Å². The number of β-amino-alcohol motifs (C(OH)–C–C–N with tert-alkyl or cyclic N) is 1. The van der Waals surface area contributed by atoms with Gasteiger partial charge in [0.25, 0.3) is 0 Å². The van der Waals surface area contributed by atoms with E-state index in [2.05, 4.69) is 10.2 Å². The maximum absolute atomic E-state index is 12.1. The molecule has 96 valence electrons. The minimum absolute atomic E-state index is 0.0257. The first-order chi connectivity index (χ1) is 8.20. The van der Waals surface area contributed by atoms with Crippen LogP contribution >= 0.6 is 0 Å². The smallest absolute Gasteiger partial charge is 0.245 e. The summed E-state index contributed by atoms with van der Waals surface area (Å²) in [7, 11) is 0. The van der Waals surface area contributed by atoms with E-state index in [1.54, 1.807) is 0 Å². The number of rotatable bonds is 3. The predicted octanol–water partition coefficient (Wildman–Crippen LogP) is -1.60. The molecule has 6 nitrogen and oxygen atoms in total. The standard InChI is InChI=1S/C11H19N3O3/c15-8-7-13-3-5-14(6-4-13)11(17)9-1-2-10(16)12-9/h9,15H,1-8H2,(H,12,16)/t9-/m1/s1. The molecule has 2 N–H and O–H groups in total. The van der Waals surface area contributed by atoms with Gasteiger partial charge in [0, 0.05) is 39.1 Å². The van der Waals surface area contributed by atoms with E-state index in [1.807, 2.05) is 4.90 Å². The number of aliphatic hydroxyl groups excluding tert-OH is 1. The van der Waals surface area contributed by atoms with E-state index in [9.17, 15) is 9.59 Å². The third-order valence-electron chi connectivity index (χ3n) is 3.39. The fourth-order valence-electron chi connectivity index (χ4n) is 2.35. The van der Waals surface area contributed by atoms with Gasteiger partial charge in [-0.3, -0.25) is 14.5 Å². The molecule has 2 amide bonds. The molecule has 0 radical (unpaired) electrons. The molecule has 2 aliphatic rings. The molecule has 2 aliphatic heterocycles. The number of carbonyl (C=O) groups is 2. The van der Waals surface area contributed by atoms with Gasteiger partial charge >= 0.3 is 0 Å². The van der Waals surface area contributed by atoms with Crippen LogP contribution in [0.5, 0.6) is 0 Å². The molecule has 0 unspecified atom stereocenters. The summed E-state index contributed by atoms with van der Waals surface area (Å²) in [5.74, 6) is 0.0155. The Hall–Kier alpha value is -1.14. The fourth-order valence-corrected chi connectivity index (χ4v) is 2.35. The fraction of sp³-hybridized carbons (Fsp3) is 0.818. The van der Waals surface area contributed by atoms with Gasteiger partial charge in [-0.1, -0.05) is 0 Å². The SMILES string of the molecule is O=C1CC[C@H](C(=O)N2CCN(CCO)CC2)N1. The summed E-state index contributed by atoms with van der Waals surface area (Å²) in [6.45, 7) is 3.80. The molecule has 0 saturated carbocycles. The first-order valence-corrected chi connectivity index (χ1v) is 6.12. The van der Waals surface area contributed by atoms with Crippen LogP contribution in [0.2, 0.25) is 0 Å². The van der Waals surface area contributed by atoms with Crippen molar-refractivity contribution in [3.63, 3.8) is 0 Å². The van der Waals surface area contributed by atoms with Gasteiger partial charge in [0.05, 0.1) is 6.61 Å². The van der Waals surface area contributed by atoms with Crippen LogP contribution in [-0.2, 0) is 9.59 Å². The number of piperazine rings is 1. The van der Waals surface area contributed by atoms with Crippen LogP contribution < -0.4 is 5.32 Å². The summed E-state index contributed by atoms with van der Waals surface area (Å²) in [5, 5.41) is 11.5. The van der Waals surface area contributed by atoms with Gasteiger partial charge in [-0.05, 0) is 6.42 Å². The predicted molar refractivity (Wildman–Crippen MR) is 61.3 cm³/mol. The Kier molecular flexibility index (Phi) is 3.96. The number of carbonyl (C=O) groups excluding carboxylic acids is 2. The lowest BCUT2D eigenvalue weighted by Gasteiger charge is -2.35. The molecular formula is C11H19N3O3. The topological polar surface area (TPSA) is 72.9 Å². The number of hydrogen-bond donors (Lipinski definition) is 2. The molecule has 0 aliphatic carbocycles. The number of hydrogen-bond acceptors (Lipinski definition) is 4. The highest BCUT2D eigenvalue weighted by Gasteiger charge is 2.31. The number of nitrogens with one attached hydrogen (secondary N) is 1. The van der Waals surface area contributed by atoms with Crippen molar-refractivity contribution < 1.29 is 14.7 Å². The highest BCUT2D eigenvalue weighted by Crippen LogP contribution is 2.11. The van der Waals surface area contributed by atoms with E-state index >= 15 is 0 Å². The highest BCUT2D eigenvalue weighted by atomic mass is 16.3. The normalized spacial score (nSPS) is 26.1. The van der Waals surface area contributed by atoms with Crippen molar-refractivity contribution in [2.75, 3.05) is 39.3 Å². The summed E-state index contributed by atoms with van der Waals surface area (Å²) >= 11 is 0. The van der Waals surface area contributed by atoms with Crippen molar-refractivity contribution in [1.82, 2.24) is 15.1 Å². The third-order valence-corrected chi connectivity index (χ3v) is 3.39. The molecule has 0 aromatic carbocycles. The molecule has 0 aromatic heterocycles. The molecule has 2 fully saturated rings. The van der Waals surface area contributed by atoms with E-state index in [1.165, 1.54) is 0 Å². The number of nitrogens with zero attached hydrogens (tertiary/aromatic N) is 2. The van der Waals surface area contributed by atoms with Gasteiger partial charge in [-0.25, -0.2) is 0 Å². The Morgan fingerprint density at radius 3 is 2.59 bits per heavy atom. The van der Waals surface area contributed by atoms with E-state index in [-0.39, 0.29) is 24.5 Å². The van der Waals surface area contributed by atoms with E-state index in [0.717, 1.165) is 13.1 Å². The van der Waals surface area contributed by atoms with Gasteiger partial charge in [0.2, 0.25) is 11.8 Å². The lowest BCUT2D eigenvalue weighted by Crippen LogP contribution is -2.53. The Balaban J connectivity index is 1.80. The zero-order valence-corrected chi connectivity index (χ0v) is 9.89. The van der Waals surface area contributed by atoms with Crippen LogP contribution in [0, 0.1) is 0 Å². The molecule has 0 spiro atoms. The Bertz CT molecular complexity index is 300. The molecule has 0 bridgehead atoms. The highest BCUT2D eigenvalue weighted by molar-refractivity contribution is 5.90. The monoisotopic (exact) mass is 241 g/mol. The molecule has 1 atom stereocenters. The van der Waals surface area contributed by atoms with Crippen LogP contribution in [0.4, 0.5) is 0 Å². The van der Waals surface area contributed by atoms with Crippen molar-refractivity contribution in [3.05, 3.63) is 0 Å². The summed E-state index contributed by atoms with van der Waals surface area (Å²) in [4.78, 5) is 27.1. The second kappa shape index (κ2) is 5.46. The first kappa shape index (κ1) is 12.3. The van der Waals surface area contributed by atoms with E-state index in [0.29, 0.717) is 32.5 Å². The summed E-state index contributed by atoms with van der Waals surface area (Å²) < 4.78 is 0. The molecule has 2 rings (SSSR count). The van der Waals surface area contributed by atoms with Gasteiger partial charge in [-0.15, -0.1) is 0 Å². The van der Waals surface area contributed by atoms with Crippen molar-refractivity contribution in [2.24, 2.45) is 0 Å². The second-order valence-corrected chi connectivity index (χ2v) is 4.55. The average Bonchev–Trinajstić information content (AvgIpc) is 2.76. The first-order valence-electron chi connectivity index (χ1n) is 6.12. The van der Waals surface area contributed by atoms with Crippen LogP contribution in [0.3, 0.4) is 0 Å². The quantitative estimate of drug-likeness (QED) is 0.624. The molecular weight excluding hydrogens is 222 g/mol. The lowest BCUT2D eigenvalue weighted by molar-refractivity contribution is -0.136. The van der Waals surface area contributed by atoms with E-state index in [4.69, 9.17) is 5.11 Å². The second-order valence-electron chi connectivity index (χ2n) is 4.55. The summed E-state index contributed by atoms with van der Waals surface area (Å²) in [6.07, 6.45) is 1.08. The minimum Gasteiger partial charge on any atom is -0.395 e. The van der Waals surface area contributed by atoms with Crippen LogP contribution in [0.25, 0.3) is 0 Å². The van der Waals surface area contributed by atoms with E-state index < -0.39 is 0 Å². The number of amides is 2. The van der Waals surface area contributed by atoms with Crippen molar-refractivity contribution in [1.29, 1.82) is 0 Å². The Morgan fingerprint density at radius 1 is 1.35 bits per heavy atom. The minimum atomic E-state index is -0.313. The number of aliphatic hydroxyl groups is 1. The lowest BCUT2D eigenvalue weighted by atomic mass is 10.2. The molecule has 17 heavy (non-hydrogen) atoms. The van der Waals surface area contributed by atoms with Crippen LogP contribution in [0.1, 0.15) is 12.8 Å². The van der Waals surface area contributed by atoms with Crippen molar-refractivity contribution in [2.45, 2.75) is 18.9 Å². The van der Waals surface area contributed by atoms with Gasteiger partial charge in [0.1, 0.15) is 6.04 Å². The van der Waals surface area contributed by atoms with Gasteiger partial charge in [0.15, 0.2) is 0 Å². The third kappa shape index (κ3) is 2.95. The molecule has 0 aromatic rings. The van der Waals surface area contributed by atoms with Crippen LogP contribution in [0.15, 0.2) is 0 Å². The summed E-state index contributed by atoms with van der Waals surface area (Å²) in [6, 6.07) is -0.313. The van der Waals surface area contributed by atoms with Gasteiger partial charge < -0.3 is 15.3 Å². The largest absolute Gasteiger partial charge is 0.395 e. The molecule has 6 heteroatoms. The molecule has 2 heterocycles. The Morgan fingerprint density at radius 2 is 2.06 bits per heavy atom. The average molecular weight is 241 g/mol. The maximum atomic E-state index is 12.1. The van der Waals surface area contributed by atoms with Crippen molar-refractivity contribution in [3.8, 4) is 0 Å². The Labute approximate surface area is 101 Å². The van der Waals surface area contributed by atoms with Crippen molar-refractivity contribution >= 4 is 11.8 Å². The van der Waals surface area contributed by atoms with Crippen LogP contribution in [-0.4, -0.2) is 72.1 Å². The zero-order chi connectivity index (χ0) is 12.3. The summed E-state index contributed by atoms with van der Waals surface area (Å²) in [5.41, 5.74) is 0. The molecule has 2 saturated heterocycles. The maximum Gasteiger partial charge on any atom is 0.245 e.